The van der Waals surface area contributed by atoms with Crippen LogP contribution in [0.5, 0.6) is 0 Å². The van der Waals surface area contributed by atoms with E-state index in [0.29, 0.717) is 0 Å². The van der Waals surface area contributed by atoms with Crippen LogP contribution in [0.1, 0.15) is 17.5 Å². The van der Waals surface area contributed by atoms with Crippen LogP contribution in [0.3, 0.4) is 0 Å². The summed E-state index contributed by atoms with van der Waals surface area (Å²) in [6.45, 7) is 0. The van der Waals surface area contributed by atoms with Gasteiger partial charge in [-0.3, -0.25) is 0 Å². The summed E-state index contributed by atoms with van der Waals surface area (Å²) in [5.41, 5.74) is 9.66. The van der Waals surface area contributed by atoms with Crippen LogP contribution >= 0.6 is 0 Å². The number of hydrogen-bond donors (Lipinski definition) is 0. The van der Waals surface area contributed by atoms with Crippen LogP contribution in [0.25, 0.3) is 70.7 Å². The van der Waals surface area contributed by atoms with E-state index < -0.39 is 0 Å². The fourth-order valence-corrected chi connectivity index (χ4v) is 9.96. The lowest BCUT2D eigenvalue weighted by Crippen LogP contribution is -2.14. The number of para-hydroxylation sites is 2. The van der Waals surface area contributed by atoms with E-state index in [1.165, 1.54) is 87.1 Å². The Labute approximate surface area is 349 Å². The number of anilines is 6. The summed E-state index contributed by atoms with van der Waals surface area (Å²) < 4.78 is 0. The van der Waals surface area contributed by atoms with Crippen LogP contribution in [-0.4, -0.2) is 0 Å². The normalized spacial score (nSPS) is 12.5. The van der Waals surface area contributed by atoms with Gasteiger partial charge in [-0.15, -0.1) is 0 Å². The summed E-state index contributed by atoms with van der Waals surface area (Å²) in [5.74, 6) is 0. The Kier molecular flexibility index (Phi) is 8.02. The molecule has 0 amide bonds. The molecule has 60 heavy (non-hydrogen) atoms. The fraction of sp³-hybridized carbons (Fsp3) is 0.0345. The predicted molar refractivity (Wildman–Crippen MR) is 258 cm³/mol. The number of benzene rings is 11. The Balaban J connectivity index is 1.18. The van der Waals surface area contributed by atoms with Gasteiger partial charge in [-0.1, -0.05) is 170 Å². The monoisotopic (exact) mass is 764 g/mol. The maximum Gasteiger partial charge on any atom is 0.0546 e. The molecule has 282 valence electrons. The van der Waals surface area contributed by atoms with Gasteiger partial charge >= 0.3 is 0 Å². The van der Waals surface area contributed by atoms with Crippen molar-refractivity contribution < 1.29 is 0 Å². The zero-order valence-electron chi connectivity index (χ0n) is 33.1. The molecule has 0 unspecified atom stereocenters. The molecule has 11 aromatic carbocycles. The zero-order valence-corrected chi connectivity index (χ0v) is 33.1. The molecule has 12 rings (SSSR count). The van der Waals surface area contributed by atoms with Gasteiger partial charge in [0.2, 0.25) is 0 Å². The third-order valence-electron chi connectivity index (χ3n) is 12.6. The van der Waals surface area contributed by atoms with E-state index in [-0.39, 0.29) is 0 Å². The third-order valence-corrected chi connectivity index (χ3v) is 12.6. The molecule has 2 nitrogen and oxygen atoms in total. The highest BCUT2D eigenvalue weighted by molar-refractivity contribution is 6.25. The summed E-state index contributed by atoms with van der Waals surface area (Å²) in [5, 5.41) is 14.9. The van der Waals surface area contributed by atoms with Gasteiger partial charge in [-0.05, 0) is 115 Å². The van der Waals surface area contributed by atoms with Crippen LogP contribution < -0.4 is 9.80 Å². The van der Waals surface area contributed by atoms with Crippen molar-refractivity contribution in [3.63, 3.8) is 0 Å². The second-order valence-electron chi connectivity index (χ2n) is 15.9. The molecule has 0 aliphatic heterocycles. The number of allylic oxidation sites excluding steroid dienone is 1. The minimum Gasteiger partial charge on any atom is -0.309 e. The van der Waals surface area contributed by atoms with Crippen molar-refractivity contribution >= 4 is 105 Å². The Morgan fingerprint density at radius 2 is 0.683 bits per heavy atom. The molecule has 0 N–H and O–H groups in total. The van der Waals surface area contributed by atoms with Gasteiger partial charge in [0.05, 0.1) is 22.7 Å². The number of nitrogens with zero attached hydrogens (tertiary/aromatic N) is 2. The Morgan fingerprint density at radius 1 is 0.300 bits per heavy atom. The zero-order chi connectivity index (χ0) is 39.6. The van der Waals surface area contributed by atoms with Crippen LogP contribution in [0.15, 0.2) is 212 Å². The number of rotatable bonds is 6. The van der Waals surface area contributed by atoms with Gasteiger partial charge in [0.1, 0.15) is 0 Å². The minimum absolute atomic E-state index is 1.03. The number of aryl methyl sites for hydroxylation is 1. The van der Waals surface area contributed by atoms with E-state index in [2.05, 4.69) is 228 Å². The molecule has 0 saturated carbocycles. The molecule has 0 saturated heterocycles. The van der Waals surface area contributed by atoms with Gasteiger partial charge in [0.15, 0.2) is 0 Å². The third kappa shape index (κ3) is 5.42. The molecule has 0 bridgehead atoms. The smallest absolute Gasteiger partial charge is 0.0546 e. The van der Waals surface area contributed by atoms with Crippen LogP contribution in [0.2, 0.25) is 0 Å². The highest BCUT2D eigenvalue weighted by Gasteiger charge is 2.25. The van der Waals surface area contributed by atoms with E-state index in [9.17, 15) is 0 Å². The molecule has 1 aliphatic rings. The predicted octanol–water partition coefficient (Wildman–Crippen LogP) is 16.5. The van der Waals surface area contributed by atoms with Crippen molar-refractivity contribution in [3.8, 4) is 0 Å². The summed E-state index contributed by atoms with van der Waals surface area (Å²) in [7, 11) is 0. The first kappa shape index (κ1) is 34.4. The largest absolute Gasteiger partial charge is 0.309 e. The summed E-state index contributed by atoms with van der Waals surface area (Å²) in [6.07, 6.45) is 6.78. The molecule has 0 atom stereocenters. The second-order valence-corrected chi connectivity index (χ2v) is 15.9. The van der Waals surface area contributed by atoms with Crippen LogP contribution in [0, 0.1) is 0 Å². The van der Waals surface area contributed by atoms with E-state index in [1.807, 2.05) is 0 Å². The molecular weight excluding hydrogens is 725 g/mol. The highest BCUT2D eigenvalue weighted by Crippen LogP contribution is 2.50. The quantitative estimate of drug-likeness (QED) is 0.156. The van der Waals surface area contributed by atoms with Crippen molar-refractivity contribution in [2.75, 3.05) is 9.80 Å². The fourth-order valence-electron chi connectivity index (χ4n) is 9.96. The maximum absolute atomic E-state index is 2.52. The average Bonchev–Trinajstić information content (AvgIpc) is 3.32. The van der Waals surface area contributed by atoms with Crippen molar-refractivity contribution in [3.05, 3.63) is 223 Å². The number of hydrogen-bond acceptors (Lipinski definition) is 2. The molecule has 0 heterocycles. The molecular formula is C58H40N2. The molecule has 0 radical (unpaired) electrons. The van der Waals surface area contributed by atoms with Gasteiger partial charge in [-0.25, -0.2) is 0 Å². The first-order valence-electron chi connectivity index (χ1n) is 21.0. The van der Waals surface area contributed by atoms with Crippen LogP contribution in [0.4, 0.5) is 34.1 Å². The molecule has 0 aromatic heterocycles. The highest BCUT2D eigenvalue weighted by atomic mass is 15.2. The molecule has 11 aromatic rings. The van der Waals surface area contributed by atoms with Crippen molar-refractivity contribution in [1.29, 1.82) is 0 Å². The van der Waals surface area contributed by atoms with Gasteiger partial charge in [0.25, 0.3) is 0 Å². The van der Waals surface area contributed by atoms with Gasteiger partial charge in [-0.2, -0.15) is 0 Å². The lowest BCUT2D eigenvalue weighted by Gasteiger charge is -2.32. The Morgan fingerprint density at radius 3 is 1.23 bits per heavy atom. The van der Waals surface area contributed by atoms with E-state index in [4.69, 9.17) is 0 Å². The van der Waals surface area contributed by atoms with Crippen molar-refractivity contribution in [2.45, 2.75) is 12.8 Å². The minimum atomic E-state index is 1.03. The summed E-state index contributed by atoms with van der Waals surface area (Å²) in [6, 6.07) is 76.0. The summed E-state index contributed by atoms with van der Waals surface area (Å²) in [4.78, 5) is 5.01. The van der Waals surface area contributed by atoms with Crippen molar-refractivity contribution in [1.82, 2.24) is 0 Å². The van der Waals surface area contributed by atoms with E-state index in [1.54, 1.807) is 0 Å². The number of fused-ring (bicyclic) bond motifs is 11. The van der Waals surface area contributed by atoms with E-state index >= 15 is 0 Å². The van der Waals surface area contributed by atoms with Gasteiger partial charge < -0.3 is 9.80 Å². The Hall–Kier alpha value is -7.68. The topological polar surface area (TPSA) is 6.48 Å². The van der Waals surface area contributed by atoms with Crippen LogP contribution in [-0.2, 0) is 6.42 Å². The molecule has 0 spiro atoms. The second kappa shape index (κ2) is 14.0. The first-order valence-corrected chi connectivity index (χ1v) is 21.0. The lowest BCUT2D eigenvalue weighted by atomic mass is 9.89. The standard InChI is InChI=1S/C58H40N2/c1-3-21-41(22-4-1)59(55-35-39-19-7-9-25-43(39)45-27-11-15-31-49(45)55)57-37-53-48-30-14-18-34-52(48)58(38-54(53)47-29-13-17-33-51(47)57)60(42-23-5-2-6-24-42)56-36-40-20-8-10-26-44(40)46-28-12-16-32-50(46)56/h1-11,13-27,29-38H,12,28H2. The molecule has 0 fully saturated rings. The SMILES string of the molecule is C1=Cc2c(N(c3ccccc3)c3cc4c5ccccc5c(N(c5ccccc5)c5cc6ccccc6c6ccccc56)cc4c4ccccc34)cc3ccccc3c2CC1. The van der Waals surface area contributed by atoms with Crippen molar-refractivity contribution in [2.24, 2.45) is 0 Å². The molecule has 2 heteroatoms. The molecule has 1 aliphatic carbocycles. The maximum atomic E-state index is 2.52. The Bertz CT molecular complexity index is 3490. The van der Waals surface area contributed by atoms with E-state index in [0.717, 1.165) is 35.6 Å². The van der Waals surface area contributed by atoms with Gasteiger partial charge in [0, 0.05) is 33.1 Å². The summed E-state index contributed by atoms with van der Waals surface area (Å²) >= 11 is 0. The lowest BCUT2D eigenvalue weighted by molar-refractivity contribution is 0.995. The average molecular weight is 765 g/mol. The first-order chi connectivity index (χ1) is 29.8.